The Kier molecular flexibility index (Phi) is 7.16. The molecule has 0 saturated carbocycles. The van der Waals surface area contributed by atoms with Gasteiger partial charge in [-0.15, -0.1) is 0 Å². The Bertz CT molecular complexity index is 292. The maximum Gasteiger partial charge on any atom is 0.197 e. The van der Waals surface area contributed by atoms with Gasteiger partial charge in [-0.1, -0.05) is 38.0 Å². The van der Waals surface area contributed by atoms with Crippen molar-refractivity contribution in [3.63, 3.8) is 0 Å². The number of thiazole rings is 1. The van der Waals surface area contributed by atoms with Gasteiger partial charge in [-0.05, 0) is 25.9 Å². The number of anilines is 1. The minimum absolute atomic E-state index is 0.797. The third kappa shape index (κ3) is 5.48. The van der Waals surface area contributed by atoms with Gasteiger partial charge in [-0.25, -0.2) is 10.8 Å². The van der Waals surface area contributed by atoms with Crippen molar-refractivity contribution in [2.45, 2.75) is 46.1 Å². The first-order chi connectivity index (χ1) is 8.30. The van der Waals surface area contributed by atoms with Crippen molar-refractivity contribution in [2.24, 2.45) is 5.84 Å². The summed E-state index contributed by atoms with van der Waals surface area (Å²) in [5, 5.41) is 0.797. The van der Waals surface area contributed by atoms with Crippen LogP contribution in [0.3, 0.4) is 0 Å². The van der Waals surface area contributed by atoms with Crippen LogP contribution >= 0.6 is 11.3 Å². The summed E-state index contributed by atoms with van der Waals surface area (Å²) < 4.78 is 0. The molecule has 4 nitrogen and oxygen atoms in total. The predicted octanol–water partition coefficient (Wildman–Crippen LogP) is 2.83. The van der Waals surface area contributed by atoms with E-state index in [2.05, 4.69) is 29.2 Å². The summed E-state index contributed by atoms with van der Waals surface area (Å²) in [6, 6.07) is 0. The lowest BCUT2D eigenvalue weighted by Crippen LogP contribution is -2.25. The highest BCUT2D eigenvalue weighted by atomic mass is 32.1. The van der Waals surface area contributed by atoms with Crippen molar-refractivity contribution in [1.82, 2.24) is 9.88 Å². The number of nitrogens with zero attached hydrogens (tertiary/aromatic N) is 2. The molecule has 0 amide bonds. The predicted molar refractivity (Wildman–Crippen MR) is 75.0 cm³/mol. The Balaban J connectivity index is 2.45. The number of hydrazine groups is 1. The van der Waals surface area contributed by atoms with Gasteiger partial charge in [0, 0.05) is 17.6 Å². The molecule has 0 atom stereocenters. The first-order valence-electron chi connectivity index (χ1n) is 6.43. The largest absolute Gasteiger partial charge is 0.300 e. The Morgan fingerprint density at radius 3 is 2.41 bits per heavy atom. The number of aromatic nitrogens is 1. The van der Waals surface area contributed by atoms with Gasteiger partial charge in [0.1, 0.15) is 0 Å². The summed E-state index contributed by atoms with van der Waals surface area (Å²) >= 11 is 1.64. The Morgan fingerprint density at radius 2 is 1.94 bits per heavy atom. The molecule has 1 aromatic rings. The van der Waals surface area contributed by atoms with Crippen LogP contribution in [0.4, 0.5) is 5.13 Å². The average Bonchev–Trinajstić information content (AvgIpc) is 2.80. The summed E-state index contributed by atoms with van der Waals surface area (Å²) in [6.07, 6.45) is 6.96. The van der Waals surface area contributed by atoms with Crippen LogP contribution in [0.15, 0.2) is 6.20 Å². The van der Waals surface area contributed by atoms with Crippen molar-refractivity contribution in [2.75, 3.05) is 18.5 Å². The first-order valence-corrected chi connectivity index (χ1v) is 7.25. The van der Waals surface area contributed by atoms with Gasteiger partial charge in [-0.2, -0.15) is 0 Å². The van der Waals surface area contributed by atoms with Crippen LogP contribution in [0.1, 0.15) is 44.4 Å². The highest BCUT2D eigenvalue weighted by Gasteiger charge is 2.07. The van der Waals surface area contributed by atoms with E-state index in [-0.39, 0.29) is 0 Å². The minimum Gasteiger partial charge on any atom is -0.300 e. The van der Waals surface area contributed by atoms with Crippen molar-refractivity contribution >= 4 is 16.5 Å². The number of unbranched alkanes of at least 4 members (excludes halogenated alkanes) is 2. The molecule has 0 aromatic carbocycles. The molecule has 0 spiro atoms. The molecule has 17 heavy (non-hydrogen) atoms. The molecule has 1 heterocycles. The second kappa shape index (κ2) is 8.44. The molecule has 0 aliphatic rings. The van der Waals surface area contributed by atoms with Gasteiger partial charge in [0.15, 0.2) is 5.13 Å². The van der Waals surface area contributed by atoms with Gasteiger partial charge < -0.3 is 0 Å². The highest BCUT2D eigenvalue weighted by molar-refractivity contribution is 7.15. The van der Waals surface area contributed by atoms with E-state index in [1.807, 2.05) is 6.20 Å². The van der Waals surface area contributed by atoms with Crippen LogP contribution in [0.25, 0.3) is 0 Å². The van der Waals surface area contributed by atoms with Gasteiger partial charge in [0.2, 0.25) is 0 Å². The third-order valence-corrected chi connectivity index (χ3v) is 3.63. The van der Waals surface area contributed by atoms with E-state index in [1.165, 1.54) is 43.6 Å². The lowest BCUT2D eigenvalue weighted by atomic mass is 10.2. The van der Waals surface area contributed by atoms with Crippen molar-refractivity contribution in [3.8, 4) is 0 Å². The summed E-state index contributed by atoms with van der Waals surface area (Å²) in [7, 11) is 0. The first kappa shape index (κ1) is 14.4. The highest BCUT2D eigenvalue weighted by Crippen LogP contribution is 2.19. The Morgan fingerprint density at radius 1 is 1.29 bits per heavy atom. The van der Waals surface area contributed by atoms with Gasteiger partial charge in [-0.3, -0.25) is 10.3 Å². The maximum atomic E-state index is 5.34. The number of nitrogens with one attached hydrogen (secondary N) is 1. The van der Waals surface area contributed by atoms with Crippen LogP contribution in [0.2, 0.25) is 0 Å². The normalized spacial score (nSPS) is 11.1. The van der Waals surface area contributed by atoms with Crippen LogP contribution in [0, 0.1) is 0 Å². The molecule has 0 radical (unpaired) electrons. The molecule has 5 heteroatoms. The molecule has 98 valence electrons. The average molecular weight is 256 g/mol. The molecule has 0 bridgehead atoms. The van der Waals surface area contributed by atoms with Crippen molar-refractivity contribution in [1.29, 1.82) is 0 Å². The van der Waals surface area contributed by atoms with Crippen LogP contribution in [-0.2, 0) is 6.54 Å². The molecule has 0 unspecified atom stereocenters. The quantitative estimate of drug-likeness (QED) is 0.527. The molecule has 0 fully saturated rings. The second-order valence-electron chi connectivity index (χ2n) is 4.26. The third-order valence-electron chi connectivity index (χ3n) is 2.71. The fraction of sp³-hybridized carbons (Fsp3) is 0.750. The van der Waals surface area contributed by atoms with Crippen LogP contribution in [-0.4, -0.2) is 23.0 Å². The van der Waals surface area contributed by atoms with E-state index in [9.17, 15) is 0 Å². The molecule has 3 N–H and O–H groups in total. The van der Waals surface area contributed by atoms with E-state index < -0.39 is 0 Å². The van der Waals surface area contributed by atoms with Gasteiger partial charge in [0.05, 0.1) is 0 Å². The number of nitrogen functional groups attached to an aromatic ring is 1. The monoisotopic (exact) mass is 256 g/mol. The van der Waals surface area contributed by atoms with Crippen molar-refractivity contribution in [3.05, 3.63) is 11.1 Å². The molecule has 1 rings (SSSR count). The lowest BCUT2D eigenvalue weighted by Gasteiger charge is -2.20. The zero-order valence-corrected chi connectivity index (χ0v) is 11.7. The van der Waals surface area contributed by atoms with Gasteiger partial charge in [0.25, 0.3) is 0 Å². The Hall–Kier alpha value is -0.650. The van der Waals surface area contributed by atoms with E-state index in [0.717, 1.165) is 11.7 Å². The number of hydrogen-bond acceptors (Lipinski definition) is 5. The summed E-state index contributed by atoms with van der Waals surface area (Å²) in [4.78, 5) is 8.00. The van der Waals surface area contributed by atoms with E-state index in [4.69, 9.17) is 5.84 Å². The summed E-state index contributed by atoms with van der Waals surface area (Å²) in [5.74, 6) is 5.34. The molecule has 0 aliphatic heterocycles. The number of rotatable bonds is 9. The van der Waals surface area contributed by atoms with E-state index in [0.29, 0.717) is 0 Å². The maximum absolute atomic E-state index is 5.34. The fourth-order valence-corrected chi connectivity index (χ4v) is 2.47. The standard InChI is InChI=1S/C12H24N4S/c1-3-5-7-16(8-6-4-2)10-11-9-14-12(15-13)17-11/h9H,3-8,10,13H2,1-2H3,(H,14,15). The smallest absolute Gasteiger partial charge is 0.197 e. The summed E-state index contributed by atoms with van der Waals surface area (Å²) in [6.45, 7) is 7.83. The van der Waals surface area contributed by atoms with E-state index in [1.54, 1.807) is 11.3 Å². The number of nitrogens with two attached hydrogens (primary N) is 1. The molecule has 0 aliphatic carbocycles. The van der Waals surface area contributed by atoms with Crippen LogP contribution in [0.5, 0.6) is 0 Å². The molecular formula is C12H24N4S. The van der Waals surface area contributed by atoms with E-state index >= 15 is 0 Å². The van der Waals surface area contributed by atoms with Crippen molar-refractivity contribution < 1.29 is 0 Å². The zero-order chi connectivity index (χ0) is 12.5. The fourth-order valence-electron chi connectivity index (χ4n) is 1.70. The minimum atomic E-state index is 0.797. The topological polar surface area (TPSA) is 54.2 Å². The van der Waals surface area contributed by atoms with Crippen LogP contribution < -0.4 is 11.3 Å². The molecule has 1 aromatic heterocycles. The SMILES string of the molecule is CCCCN(CCCC)Cc1cnc(NN)s1. The zero-order valence-electron chi connectivity index (χ0n) is 10.9. The summed E-state index contributed by atoms with van der Waals surface area (Å²) in [5.41, 5.74) is 2.60. The Labute approximate surface area is 108 Å². The lowest BCUT2D eigenvalue weighted by molar-refractivity contribution is 0.259. The molecular weight excluding hydrogens is 232 g/mol. The van der Waals surface area contributed by atoms with Gasteiger partial charge >= 0.3 is 0 Å². The second-order valence-corrected chi connectivity index (χ2v) is 5.37. The molecule has 0 saturated heterocycles. The number of hydrogen-bond donors (Lipinski definition) is 2.